The summed E-state index contributed by atoms with van der Waals surface area (Å²) in [6.07, 6.45) is 3.45. The molecule has 2 atom stereocenters. The summed E-state index contributed by atoms with van der Waals surface area (Å²) < 4.78 is 0. The normalized spacial score (nSPS) is 26.4. The zero-order valence-corrected chi connectivity index (χ0v) is 11.8. The first kappa shape index (κ1) is 14.1. The predicted octanol–water partition coefficient (Wildman–Crippen LogP) is 2.20. The Bertz CT molecular complexity index is 458. The molecule has 0 spiro atoms. The maximum atomic E-state index is 12.1. The Morgan fingerprint density at radius 2 is 2.21 bits per heavy atom. The molecule has 1 fully saturated rings. The number of hydrogen-bond donors (Lipinski definition) is 2. The first-order chi connectivity index (χ1) is 9.05. The fourth-order valence-corrected chi connectivity index (χ4v) is 2.90. The third kappa shape index (κ3) is 3.16. The molecule has 0 aromatic heterocycles. The highest BCUT2D eigenvalue weighted by molar-refractivity contribution is 5.79. The minimum absolute atomic E-state index is 0.0564. The molecule has 0 aliphatic heterocycles. The summed E-state index contributed by atoms with van der Waals surface area (Å²) in [4.78, 5) is 12.1. The number of nitrogens with one attached hydrogen (secondary N) is 1. The number of aliphatic hydroxyl groups excluding tert-OH is 1. The third-order valence-electron chi connectivity index (χ3n) is 4.39. The Morgan fingerprint density at radius 3 is 2.89 bits per heavy atom. The van der Waals surface area contributed by atoms with Crippen LogP contribution in [0.1, 0.15) is 37.3 Å². The number of aliphatic hydroxyl groups is 1. The molecule has 0 heterocycles. The van der Waals surface area contributed by atoms with Crippen LogP contribution in [0.2, 0.25) is 0 Å². The lowest BCUT2D eigenvalue weighted by Crippen LogP contribution is -2.45. The molecule has 2 rings (SSSR count). The second kappa shape index (κ2) is 5.74. The first-order valence-electron chi connectivity index (χ1n) is 7.00. The van der Waals surface area contributed by atoms with Crippen molar-refractivity contribution in [2.24, 2.45) is 5.41 Å². The highest BCUT2D eigenvalue weighted by Crippen LogP contribution is 2.37. The van der Waals surface area contributed by atoms with E-state index in [-0.39, 0.29) is 24.0 Å². The maximum absolute atomic E-state index is 12.1. The van der Waals surface area contributed by atoms with E-state index in [1.807, 2.05) is 31.2 Å². The maximum Gasteiger partial charge on any atom is 0.224 e. The summed E-state index contributed by atoms with van der Waals surface area (Å²) in [5.41, 5.74) is 2.07. The molecular formula is C16H23NO2. The lowest BCUT2D eigenvalue weighted by atomic mass is 9.85. The molecule has 104 valence electrons. The van der Waals surface area contributed by atoms with Crippen LogP contribution in [0.5, 0.6) is 0 Å². The van der Waals surface area contributed by atoms with Gasteiger partial charge in [-0.1, -0.05) is 37.6 Å². The largest absolute Gasteiger partial charge is 0.396 e. The minimum Gasteiger partial charge on any atom is -0.396 e. The summed E-state index contributed by atoms with van der Waals surface area (Å²) in [6, 6.07) is 8.07. The molecule has 0 radical (unpaired) electrons. The van der Waals surface area contributed by atoms with Crippen molar-refractivity contribution in [3.05, 3.63) is 35.4 Å². The van der Waals surface area contributed by atoms with Crippen molar-refractivity contribution in [3.63, 3.8) is 0 Å². The lowest BCUT2D eigenvalue weighted by molar-refractivity contribution is -0.122. The predicted molar refractivity (Wildman–Crippen MR) is 75.9 cm³/mol. The number of rotatable bonds is 4. The van der Waals surface area contributed by atoms with Gasteiger partial charge in [-0.25, -0.2) is 0 Å². The van der Waals surface area contributed by atoms with Crippen molar-refractivity contribution in [1.82, 2.24) is 5.32 Å². The quantitative estimate of drug-likeness (QED) is 0.873. The van der Waals surface area contributed by atoms with E-state index in [2.05, 4.69) is 12.2 Å². The van der Waals surface area contributed by atoms with Gasteiger partial charge in [0.05, 0.1) is 13.0 Å². The van der Waals surface area contributed by atoms with Gasteiger partial charge in [0.15, 0.2) is 0 Å². The molecule has 1 aromatic carbocycles. The summed E-state index contributed by atoms with van der Waals surface area (Å²) in [5, 5.41) is 12.6. The Hall–Kier alpha value is -1.35. The van der Waals surface area contributed by atoms with Crippen LogP contribution in [-0.2, 0) is 11.2 Å². The number of carbonyl (C=O) groups excluding carboxylic acids is 1. The number of aryl methyl sites for hydroxylation is 1. The van der Waals surface area contributed by atoms with Gasteiger partial charge in [-0.2, -0.15) is 0 Å². The smallest absolute Gasteiger partial charge is 0.224 e. The van der Waals surface area contributed by atoms with Crippen molar-refractivity contribution < 1.29 is 9.90 Å². The average molecular weight is 261 g/mol. The zero-order valence-electron chi connectivity index (χ0n) is 11.8. The van der Waals surface area contributed by atoms with Crippen LogP contribution in [0, 0.1) is 12.3 Å². The standard InChI is InChI=1S/C16H23NO2/c1-12-6-3-4-7-13(12)10-15(19)17-14-8-5-9-16(14,2)11-18/h3-4,6-7,14,18H,5,8-11H2,1-2H3,(H,17,19). The van der Waals surface area contributed by atoms with Gasteiger partial charge in [-0.05, 0) is 30.9 Å². The number of amides is 1. The van der Waals surface area contributed by atoms with Gasteiger partial charge in [-0.3, -0.25) is 4.79 Å². The molecule has 2 unspecified atom stereocenters. The second-order valence-corrected chi connectivity index (χ2v) is 5.93. The molecule has 0 saturated heterocycles. The van der Waals surface area contributed by atoms with Crippen LogP contribution in [0.15, 0.2) is 24.3 Å². The Balaban J connectivity index is 1.97. The van der Waals surface area contributed by atoms with E-state index in [4.69, 9.17) is 0 Å². The van der Waals surface area contributed by atoms with Crippen LogP contribution >= 0.6 is 0 Å². The summed E-state index contributed by atoms with van der Waals surface area (Å²) in [7, 11) is 0. The van der Waals surface area contributed by atoms with Crippen molar-refractivity contribution in [3.8, 4) is 0 Å². The van der Waals surface area contributed by atoms with E-state index < -0.39 is 0 Å². The molecule has 2 N–H and O–H groups in total. The monoisotopic (exact) mass is 261 g/mol. The van der Waals surface area contributed by atoms with Gasteiger partial charge < -0.3 is 10.4 Å². The molecule has 1 saturated carbocycles. The molecule has 1 aromatic rings. The van der Waals surface area contributed by atoms with E-state index in [9.17, 15) is 9.90 Å². The highest BCUT2D eigenvalue weighted by atomic mass is 16.3. The van der Waals surface area contributed by atoms with Crippen molar-refractivity contribution >= 4 is 5.91 Å². The first-order valence-corrected chi connectivity index (χ1v) is 7.00. The summed E-state index contributed by atoms with van der Waals surface area (Å²) in [5.74, 6) is 0.0564. The average Bonchev–Trinajstić information content (AvgIpc) is 2.75. The minimum atomic E-state index is -0.151. The van der Waals surface area contributed by atoms with Crippen molar-refractivity contribution in [1.29, 1.82) is 0 Å². The molecule has 1 aliphatic carbocycles. The van der Waals surface area contributed by atoms with Crippen molar-refractivity contribution in [2.45, 2.75) is 45.6 Å². The number of benzene rings is 1. The summed E-state index contributed by atoms with van der Waals surface area (Å²) >= 11 is 0. The molecular weight excluding hydrogens is 238 g/mol. The van der Waals surface area contributed by atoms with Crippen molar-refractivity contribution in [2.75, 3.05) is 6.61 Å². The third-order valence-corrected chi connectivity index (χ3v) is 4.39. The van der Waals surface area contributed by atoms with Gasteiger partial charge in [0.25, 0.3) is 0 Å². The Labute approximate surface area is 115 Å². The van der Waals surface area contributed by atoms with E-state index in [0.29, 0.717) is 6.42 Å². The topological polar surface area (TPSA) is 49.3 Å². The second-order valence-electron chi connectivity index (χ2n) is 5.93. The van der Waals surface area contributed by atoms with Crippen LogP contribution in [0.3, 0.4) is 0 Å². The molecule has 19 heavy (non-hydrogen) atoms. The van der Waals surface area contributed by atoms with Crippen LogP contribution < -0.4 is 5.32 Å². The molecule has 3 heteroatoms. The molecule has 0 bridgehead atoms. The highest BCUT2D eigenvalue weighted by Gasteiger charge is 2.38. The van der Waals surface area contributed by atoms with Crippen LogP contribution in [0.25, 0.3) is 0 Å². The van der Waals surface area contributed by atoms with Gasteiger partial charge in [0.1, 0.15) is 0 Å². The number of carbonyl (C=O) groups is 1. The SMILES string of the molecule is Cc1ccccc1CC(=O)NC1CCCC1(C)CO. The number of hydrogen-bond acceptors (Lipinski definition) is 2. The van der Waals surface area contributed by atoms with Crippen LogP contribution in [0.4, 0.5) is 0 Å². The fourth-order valence-electron chi connectivity index (χ4n) is 2.90. The van der Waals surface area contributed by atoms with Gasteiger partial charge >= 0.3 is 0 Å². The molecule has 1 aliphatic rings. The van der Waals surface area contributed by atoms with E-state index >= 15 is 0 Å². The Kier molecular flexibility index (Phi) is 4.25. The van der Waals surface area contributed by atoms with Crippen LogP contribution in [-0.4, -0.2) is 23.7 Å². The van der Waals surface area contributed by atoms with E-state index in [0.717, 1.165) is 30.4 Å². The fraction of sp³-hybridized carbons (Fsp3) is 0.562. The van der Waals surface area contributed by atoms with Gasteiger partial charge in [0.2, 0.25) is 5.91 Å². The van der Waals surface area contributed by atoms with Gasteiger partial charge in [-0.15, -0.1) is 0 Å². The molecule has 3 nitrogen and oxygen atoms in total. The van der Waals surface area contributed by atoms with E-state index in [1.165, 1.54) is 0 Å². The Morgan fingerprint density at radius 1 is 1.47 bits per heavy atom. The van der Waals surface area contributed by atoms with E-state index in [1.54, 1.807) is 0 Å². The lowest BCUT2D eigenvalue weighted by Gasteiger charge is -2.30. The summed E-state index contributed by atoms with van der Waals surface area (Å²) in [6.45, 7) is 4.22. The van der Waals surface area contributed by atoms with Gasteiger partial charge in [0, 0.05) is 11.5 Å². The molecule has 1 amide bonds. The zero-order chi connectivity index (χ0) is 13.9.